The SMILES string of the molecule is CCOc1ccccc1-c1cc(Cc2cc(C(N)=O)c(OC)cc2F)ncn1.CCOc1ccccc1-c1cc(Cl)ncn1.COc1cc(F)c(N)cc1C([NH3+])=O.[Cl-]. The van der Waals surface area contributed by atoms with Crippen molar-refractivity contribution in [2.24, 2.45) is 5.73 Å². The summed E-state index contributed by atoms with van der Waals surface area (Å²) in [5, 5.41) is 0.427. The highest BCUT2D eigenvalue weighted by Gasteiger charge is 2.17. The van der Waals surface area contributed by atoms with E-state index >= 15 is 0 Å². The fraction of sp³-hybridized carbons (Fsp3) is 0.171. The van der Waals surface area contributed by atoms with Crippen molar-refractivity contribution in [3.05, 3.63) is 137 Å². The highest BCUT2D eigenvalue weighted by molar-refractivity contribution is 6.29. The summed E-state index contributed by atoms with van der Waals surface area (Å²) in [4.78, 5) is 39.1. The van der Waals surface area contributed by atoms with Gasteiger partial charge in [-0.2, -0.15) is 0 Å². The van der Waals surface area contributed by atoms with Crippen LogP contribution in [0.1, 0.15) is 45.8 Å². The predicted molar refractivity (Wildman–Crippen MR) is 211 cm³/mol. The average molecular weight is 837 g/mol. The quantitative estimate of drug-likeness (QED) is 0.121. The summed E-state index contributed by atoms with van der Waals surface area (Å²) in [5.41, 5.74) is 18.1. The maximum Gasteiger partial charge on any atom is 0.344 e. The standard InChI is InChI=1S/C21H20FN3O3.C12H11ClN2O.C8H9FN2O2.ClH/c1-3-28-19-7-5-4-6-15(19)18-10-14(24-12-25-18)8-13-9-16(21(23)26)20(27-2)11-17(13)22;1-2-16-11-6-4-3-5-9(11)10-7-12(13)15-8-14-10;1-13-7-3-5(9)6(10)2-4(7)8(11)12;/h4-7,9-12H,3,8H2,1-2H3,(H2,23,26);3-8H,2H2,1H3;2-3H,10H2,1H3,(H2,11,12);1H. The molecule has 0 radical (unpaired) electrons. The topological polar surface area (TPSA) is 202 Å². The molecule has 304 valence electrons. The molecule has 6 rings (SSSR count). The molecule has 2 amide bonds. The number of hydrogen-bond acceptors (Lipinski definition) is 11. The third-order valence-corrected chi connectivity index (χ3v) is 8.11. The summed E-state index contributed by atoms with van der Waals surface area (Å²) in [7, 11) is 2.70. The molecule has 0 saturated carbocycles. The molecule has 13 nitrogen and oxygen atoms in total. The molecule has 7 N–H and O–H groups in total. The molecule has 0 aliphatic heterocycles. The van der Waals surface area contributed by atoms with Gasteiger partial charge >= 0.3 is 5.91 Å². The van der Waals surface area contributed by atoms with Crippen molar-refractivity contribution in [2.45, 2.75) is 20.3 Å². The van der Waals surface area contributed by atoms with Crippen molar-refractivity contribution in [1.29, 1.82) is 0 Å². The first-order valence-corrected chi connectivity index (χ1v) is 17.7. The number of nitrogens with two attached hydrogens (primary N) is 2. The van der Waals surface area contributed by atoms with Crippen LogP contribution in [-0.2, 0) is 6.42 Å². The Labute approximate surface area is 344 Å². The van der Waals surface area contributed by atoms with Crippen LogP contribution in [-0.4, -0.2) is 59.2 Å². The Balaban J connectivity index is 0.000000254. The third-order valence-electron chi connectivity index (χ3n) is 7.91. The lowest BCUT2D eigenvalue weighted by molar-refractivity contribution is -0.255. The second-order valence-electron chi connectivity index (χ2n) is 11.7. The number of para-hydroxylation sites is 2. The highest BCUT2D eigenvalue weighted by atomic mass is 35.5. The number of nitrogens with zero attached hydrogens (tertiary/aromatic N) is 4. The number of amides is 2. The molecule has 2 aromatic heterocycles. The normalized spacial score (nSPS) is 10.1. The van der Waals surface area contributed by atoms with E-state index in [9.17, 15) is 18.4 Å². The lowest BCUT2D eigenvalue weighted by Gasteiger charge is -2.11. The zero-order valence-corrected chi connectivity index (χ0v) is 33.5. The molecular formula is C41H41Cl2F2N7O6. The zero-order valence-electron chi connectivity index (χ0n) is 32.0. The van der Waals surface area contributed by atoms with Gasteiger partial charge in [-0.05, 0) is 61.9 Å². The number of halogens is 4. The van der Waals surface area contributed by atoms with E-state index in [1.54, 1.807) is 12.1 Å². The van der Waals surface area contributed by atoms with Gasteiger partial charge in [0.25, 0.3) is 5.91 Å². The Hall–Kier alpha value is -6.42. The van der Waals surface area contributed by atoms with Crippen LogP contribution in [0.25, 0.3) is 22.5 Å². The lowest BCUT2D eigenvalue weighted by Crippen LogP contribution is -3.00. The summed E-state index contributed by atoms with van der Waals surface area (Å²) < 4.78 is 48.3. The number of nitrogen functional groups attached to an aromatic ring is 1. The highest BCUT2D eigenvalue weighted by Crippen LogP contribution is 2.31. The van der Waals surface area contributed by atoms with E-state index in [0.29, 0.717) is 35.5 Å². The molecule has 0 atom stereocenters. The molecule has 6 aromatic rings. The van der Waals surface area contributed by atoms with E-state index in [4.69, 9.17) is 42.0 Å². The molecular weight excluding hydrogens is 795 g/mol. The largest absolute Gasteiger partial charge is 1.00 e. The number of rotatable bonds is 12. The van der Waals surface area contributed by atoms with Gasteiger partial charge in [0.1, 0.15) is 58.0 Å². The first-order chi connectivity index (χ1) is 27.4. The van der Waals surface area contributed by atoms with E-state index in [1.807, 2.05) is 62.4 Å². The van der Waals surface area contributed by atoms with Crippen molar-refractivity contribution in [1.82, 2.24) is 19.9 Å². The minimum absolute atomic E-state index is 0. The molecule has 58 heavy (non-hydrogen) atoms. The Kier molecular flexibility index (Phi) is 17.7. The summed E-state index contributed by atoms with van der Waals surface area (Å²) >= 11 is 5.83. The van der Waals surface area contributed by atoms with Gasteiger partial charge in [-0.3, -0.25) is 10.5 Å². The molecule has 0 aliphatic carbocycles. The number of benzene rings is 4. The fourth-order valence-electron chi connectivity index (χ4n) is 5.29. The molecule has 0 bridgehead atoms. The number of ether oxygens (including phenoxy) is 4. The minimum atomic E-state index is -0.688. The number of primary amides is 1. The van der Waals surface area contributed by atoms with Gasteiger partial charge in [-0.15, -0.1) is 0 Å². The van der Waals surface area contributed by atoms with Crippen LogP contribution in [0, 0.1) is 11.6 Å². The van der Waals surface area contributed by atoms with E-state index in [1.165, 1.54) is 39.0 Å². The van der Waals surface area contributed by atoms with Crippen LogP contribution in [0.3, 0.4) is 0 Å². The molecule has 0 unspecified atom stereocenters. The summed E-state index contributed by atoms with van der Waals surface area (Å²) in [6.45, 7) is 5.01. The molecule has 0 fully saturated rings. The molecule has 17 heteroatoms. The number of aromatic nitrogens is 4. The molecule has 0 aliphatic rings. The fourth-order valence-corrected chi connectivity index (χ4v) is 5.44. The number of carbonyl (C=O) groups is 2. The van der Waals surface area contributed by atoms with Crippen molar-refractivity contribution in [3.8, 4) is 45.5 Å². The van der Waals surface area contributed by atoms with Crippen LogP contribution < -0.4 is 48.6 Å². The van der Waals surface area contributed by atoms with Gasteiger partial charge < -0.3 is 42.8 Å². The Morgan fingerprint density at radius 1 is 0.707 bits per heavy atom. The Morgan fingerprint density at radius 2 is 1.22 bits per heavy atom. The first kappa shape index (κ1) is 46.0. The second-order valence-corrected chi connectivity index (χ2v) is 12.0. The number of methoxy groups -OCH3 is 2. The first-order valence-electron chi connectivity index (χ1n) is 17.3. The van der Waals surface area contributed by atoms with Gasteiger partial charge in [0, 0.05) is 41.4 Å². The third kappa shape index (κ3) is 12.3. The maximum atomic E-state index is 14.5. The minimum Gasteiger partial charge on any atom is -1.00 e. The van der Waals surface area contributed by atoms with Crippen LogP contribution in [0.4, 0.5) is 14.5 Å². The van der Waals surface area contributed by atoms with Crippen LogP contribution in [0.15, 0.2) is 97.6 Å². The van der Waals surface area contributed by atoms with Crippen LogP contribution >= 0.6 is 11.6 Å². The zero-order chi connectivity index (χ0) is 41.5. The summed E-state index contributed by atoms with van der Waals surface area (Å²) in [6.07, 6.45) is 3.03. The number of quaternary nitrogens is 1. The average Bonchev–Trinajstić information content (AvgIpc) is 3.20. The smallest absolute Gasteiger partial charge is 0.344 e. The van der Waals surface area contributed by atoms with E-state index in [0.717, 1.165) is 34.7 Å². The van der Waals surface area contributed by atoms with Gasteiger partial charge in [0.2, 0.25) is 0 Å². The molecule has 4 aromatic carbocycles. The number of anilines is 1. The van der Waals surface area contributed by atoms with E-state index in [-0.39, 0.29) is 52.7 Å². The molecule has 2 heterocycles. The second kappa shape index (κ2) is 22.4. The van der Waals surface area contributed by atoms with E-state index in [2.05, 4.69) is 25.7 Å². The van der Waals surface area contributed by atoms with Gasteiger partial charge in [-0.1, -0.05) is 35.9 Å². The van der Waals surface area contributed by atoms with Crippen molar-refractivity contribution in [2.75, 3.05) is 33.2 Å². The predicted octanol–water partition coefficient (Wildman–Crippen LogP) is 3.38. The molecule has 0 spiro atoms. The Morgan fingerprint density at radius 3 is 1.74 bits per heavy atom. The summed E-state index contributed by atoms with van der Waals surface area (Å²) in [5.74, 6) is -0.496. The number of carbonyl (C=O) groups excluding carboxylic acids is 2. The monoisotopic (exact) mass is 835 g/mol. The van der Waals surface area contributed by atoms with E-state index < -0.39 is 23.4 Å². The van der Waals surface area contributed by atoms with Gasteiger partial charge in [-0.25, -0.2) is 33.5 Å². The van der Waals surface area contributed by atoms with Crippen molar-refractivity contribution in [3.63, 3.8) is 0 Å². The number of hydrogen-bond donors (Lipinski definition) is 3. The van der Waals surface area contributed by atoms with Crippen molar-refractivity contribution >= 4 is 29.1 Å². The van der Waals surface area contributed by atoms with Gasteiger partial charge in [0.05, 0.1) is 50.1 Å². The summed E-state index contributed by atoms with van der Waals surface area (Å²) in [6, 6.07) is 23.6. The van der Waals surface area contributed by atoms with Gasteiger partial charge in [0.15, 0.2) is 0 Å². The molecule has 0 saturated heterocycles. The maximum absolute atomic E-state index is 14.5. The van der Waals surface area contributed by atoms with Crippen LogP contribution in [0.5, 0.6) is 23.0 Å². The lowest BCUT2D eigenvalue weighted by atomic mass is 10.0. The Bertz CT molecular complexity index is 2340. The van der Waals surface area contributed by atoms with Crippen LogP contribution in [0.2, 0.25) is 5.15 Å². The van der Waals surface area contributed by atoms with Crippen molar-refractivity contribution < 1.29 is 55.5 Å².